The van der Waals surface area contributed by atoms with Gasteiger partial charge in [-0.25, -0.2) is 0 Å². The highest BCUT2D eigenvalue weighted by Crippen LogP contribution is 2.24. The van der Waals surface area contributed by atoms with Crippen LogP contribution in [-0.2, 0) is 4.79 Å². The van der Waals surface area contributed by atoms with Gasteiger partial charge < -0.3 is 10.6 Å². The maximum absolute atomic E-state index is 12.0. The van der Waals surface area contributed by atoms with Gasteiger partial charge in [0.15, 0.2) is 0 Å². The van der Waals surface area contributed by atoms with Crippen LogP contribution < -0.4 is 10.6 Å². The van der Waals surface area contributed by atoms with Crippen molar-refractivity contribution in [3.8, 4) is 0 Å². The van der Waals surface area contributed by atoms with E-state index in [1.807, 2.05) is 37.3 Å². The quantitative estimate of drug-likeness (QED) is 0.633. The van der Waals surface area contributed by atoms with Gasteiger partial charge in [0.1, 0.15) is 0 Å². The standard InChI is InChI=1S/C17H19N3O3/c1-12-15(9-6-10-16(12)20(22)23)18-11-17(21)19-13(2)14-7-4-3-5-8-14/h3-10,13,18H,11H2,1-2H3,(H,19,21)/t13-/m0/s1. The molecule has 0 unspecified atom stereocenters. The molecule has 0 aliphatic heterocycles. The molecule has 0 aromatic heterocycles. The molecule has 0 saturated heterocycles. The average Bonchev–Trinajstić information content (AvgIpc) is 2.54. The summed E-state index contributed by atoms with van der Waals surface area (Å²) in [5.41, 5.74) is 2.16. The Kier molecular flexibility index (Phi) is 5.30. The summed E-state index contributed by atoms with van der Waals surface area (Å²) in [6.45, 7) is 3.62. The minimum atomic E-state index is -0.432. The highest BCUT2D eigenvalue weighted by atomic mass is 16.6. The molecular weight excluding hydrogens is 294 g/mol. The molecular formula is C17H19N3O3. The lowest BCUT2D eigenvalue weighted by molar-refractivity contribution is -0.385. The fourth-order valence-electron chi connectivity index (χ4n) is 2.31. The molecule has 0 spiro atoms. The van der Waals surface area contributed by atoms with Gasteiger partial charge in [-0.15, -0.1) is 0 Å². The highest BCUT2D eigenvalue weighted by molar-refractivity contribution is 5.81. The minimum Gasteiger partial charge on any atom is -0.376 e. The van der Waals surface area contributed by atoms with Crippen LogP contribution in [0.4, 0.5) is 11.4 Å². The van der Waals surface area contributed by atoms with Crippen molar-refractivity contribution >= 4 is 17.3 Å². The maximum atomic E-state index is 12.0. The van der Waals surface area contributed by atoms with Crippen LogP contribution in [0.25, 0.3) is 0 Å². The lowest BCUT2D eigenvalue weighted by Gasteiger charge is -2.15. The summed E-state index contributed by atoms with van der Waals surface area (Å²) in [4.78, 5) is 22.5. The summed E-state index contributed by atoms with van der Waals surface area (Å²) in [6.07, 6.45) is 0. The van der Waals surface area contributed by atoms with Crippen LogP contribution in [0.15, 0.2) is 48.5 Å². The van der Waals surface area contributed by atoms with E-state index < -0.39 is 4.92 Å². The third kappa shape index (κ3) is 4.29. The van der Waals surface area contributed by atoms with Crippen LogP contribution in [-0.4, -0.2) is 17.4 Å². The Morgan fingerprint density at radius 3 is 2.52 bits per heavy atom. The number of benzene rings is 2. The Morgan fingerprint density at radius 1 is 1.17 bits per heavy atom. The number of hydrogen-bond donors (Lipinski definition) is 2. The summed E-state index contributed by atoms with van der Waals surface area (Å²) < 4.78 is 0. The van der Waals surface area contributed by atoms with Crippen molar-refractivity contribution < 1.29 is 9.72 Å². The number of hydrogen-bond acceptors (Lipinski definition) is 4. The first-order valence-electron chi connectivity index (χ1n) is 7.31. The van der Waals surface area contributed by atoms with Crippen molar-refractivity contribution in [3.05, 3.63) is 69.8 Å². The number of nitro benzene ring substituents is 1. The predicted octanol–water partition coefficient (Wildman–Crippen LogP) is 3.19. The summed E-state index contributed by atoms with van der Waals surface area (Å²) in [7, 11) is 0. The van der Waals surface area contributed by atoms with Crippen molar-refractivity contribution in [3.63, 3.8) is 0 Å². The third-order valence-corrected chi connectivity index (χ3v) is 3.62. The smallest absolute Gasteiger partial charge is 0.274 e. The second-order valence-electron chi connectivity index (χ2n) is 5.26. The van der Waals surface area contributed by atoms with Crippen molar-refractivity contribution in [2.24, 2.45) is 0 Å². The van der Waals surface area contributed by atoms with Crippen LogP contribution in [0.5, 0.6) is 0 Å². The van der Waals surface area contributed by atoms with E-state index in [2.05, 4.69) is 10.6 Å². The van der Waals surface area contributed by atoms with Gasteiger partial charge in [0.25, 0.3) is 5.69 Å². The normalized spacial score (nSPS) is 11.6. The van der Waals surface area contributed by atoms with Crippen LogP contribution >= 0.6 is 0 Å². The Bertz CT molecular complexity index is 701. The van der Waals surface area contributed by atoms with E-state index in [0.29, 0.717) is 11.3 Å². The SMILES string of the molecule is Cc1c(NCC(=O)N[C@@H](C)c2ccccc2)cccc1[N+](=O)[O-]. The molecule has 1 amide bonds. The molecule has 23 heavy (non-hydrogen) atoms. The number of anilines is 1. The number of nitrogens with one attached hydrogen (secondary N) is 2. The molecule has 0 bridgehead atoms. The number of rotatable bonds is 6. The van der Waals surface area contributed by atoms with E-state index in [1.165, 1.54) is 6.07 Å². The monoisotopic (exact) mass is 313 g/mol. The first-order valence-corrected chi connectivity index (χ1v) is 7.31. The zero-order valence-corrected chi connectivity index (χ0v) is 13.1. The van der Waals surface area contributed by atoms with E-state index in [0.717, 1.165) is 5.56 Å². The van der Waals surface area contributed by atoms with Gasteiger partial charge in [0.05, 0.1) is 17.5 Å². The fourth-order valence-corrected chi connectivity index (χ4v) is 2.31. The van der Waals surface area contributed by atoms with Gasteiger partial charge in [-0.2, -0.15) is 0 Å². The second-order valence-corrected chi connectivity index (χ2v) is 5.26. The van der Waals surface area contributed by atoms with Crippen molar-refractivity contribution in [1.82, 2.24) is 5.32 Å². The molecule has 2 rings (SSSR count). The summed E-state index contributed by atoms with van der Waals surface area (Å²) in [5, 5.41) is 16.7. The van der Waals surface area contributed by atoms with Gasteiger partial charge in [0.2, 0.25) is 5.91 Å². The summed E-state index contributed by atoms with van der Waals surface area (Å²) >= 11 is 0. The molecule has 0 radical (unpaired) electrons. The Labute approximate surface area is 134 Å². The van der Waals surface area contributed by atoms with E-state index >= 15 is 0 Å². The van der Waals surface area contributed by atoms with Crippen molar-refractivity contribution in [1.29, 1.82) is 0 Å². The highest BCUT2D eigenvalue weighted by Gasteiger charge is 2.14. The van der Waals surface area contributed by atoms with Gasteiger partial charge in [-0.1, -0.05) is 36.4 Å². The largest absolute Gasteiger partial charge is 0.376 e. The number of amides is 1. The Morgan fingerprint density at radius 2 is 1.87 bits per heavy atom. The van der Waals surface area contributed by atoms with Gasteiger partial charge in [-0.3, -0.25) is 14.9 Å². The molecule has 2 N–H and O–H groups in total. The van der Waals surface area contributed by atoms with E-state index in [-0.39, 0.29) is 24.2 Å². The molecule has 6 nitrogen and oxygen atoms in total. The Hall–Kier alpha value is -2.89. The molecule has 0 aliphatic rings. The van der Waals surface area contributed by atoms with Gasteiger partial charge in [-0.05, 0) is 25.5 Å². The second kappa shape index (κ2) is 7.40. The summed E-state index contributed by atoms with van der Waals surface area (Å²) in [5.74, 6) is -0.174. The van der Waals surface area contributed by atoms with E-state index in [1.54, 1.807) is 19.1 Å². The van der Waals surface area contributed by atoms with Crippen molar-refractivity contribution in [2.45, 2.75) is 19.9 Å². The van der Waals surface area contributed by atoms with Crippen LogP contribution in [0.1, 0.15) is 24.1 Å². The lowest BCUT2D eigenvalue weighted by atomic mass is 10.1. The zero-order valence-electron chi connectivity index (χ0n) is 13.1. The minimum absolute atomic E-state index is 0.0352. The predicted molar refractivity (Wildman–Crippen MR) is 89.3 cm³/mol. The molecule has 0 heterocycles. The number of carbonyl (C=O) groups is 1. The molecule has 1 atom stereocenters. The number of nitrogens with zero attached hydrogens (tertiary/aromatic N) is 1. The lowest BCUT2D eigenvalue weighted by Crippen LogP contribution is -2.32. The number of nitro groups is 1. The Balaban J connectivity index is 1.95. The first kappa shape index (κ1) is 16.5. The van der Waals surface area contributed by atoms with E-state index in [4.69, 9.17) is 0 Å². The average molecular weight is 313 g/mol. The topological polar surface area (TPSA) is 84.3 Å². The van der Waals surface area contributed by atoms with Gasteiger partial charge >= 0.3 is 0 Å². The van der Waals surface area contributed by atoms with Crippen molar-refractivity contribution in [2.75, 3.05) is 11.9 Å². The molecule has 0 fully saturated rings. The van der Waals surface area contributed by atoms with Crippen LogP contribution in [0, 0.1) is 17.0 Å². The molecule has 0 saturated carbocycles. The molecule has 6 heteroatoms. The van der Waals surface area contributed by atoms with E-state index in [9.17, 15) is 14.9 Å². The maximum Gasteiger partial charge on any atom is 0.274 e. The van der Waals surface area contributed by atoms with Gasteiger partial charge in [0, 0.05) is 17.3 Å². The first-order chi connectivity index (χ1) is 11.0. The molecule has 2 aromatic rings. The van der Waals surface area contributed by atoms with Crippen LogP contribution in [0.2, 0.25) is 0 Å². The third-order valence-electron chi connectivity index (χ3n) is 3.62. The summed E-state index contributed by atoms with van der Waals surface area (Å²) in [6, 6.07) is 14.3. The fraction of sp³-hybridized carbons (Fsp3) is 0.235. The van der Waals surface area contributed by atoms with Crippen LogP contribution in [0.3, 0.4) is 0 Å². The number of carbonyl (C=O) groups excluding carboxylic acids is 1. The molecule has 120 valence electrons. The zero-order chi connectivity index (χ0) is 16.8. The molecule has 2 aromatic carbocycles. The molecule has 0 aliphatic carbocycles.